The third-order valence-electron chi connectivity index (χ3n) is 5.58. The Morgan fingerprint density at radius 1 is 1.17 bits per heavy atom. The number of hydrogen-bond acceptors (Lipinski definition) is 5. The molecular formula is C23H27N3O4. The highest BCUT2D eigenvalue weighted by Gasteiger charge is 2.31. The van der Waals surface area contributed by atoms with E-state index in [0.717, 1.165) is 30.6 Å². The topological polar surface area (TPSA) is 88.7 Å². The van der Waals surface area contributed by atoms with Crippen LogP contribution in [-0.4, -0.2) is 57.8 Å². The summed E-state index contributed by atoms with van der Waals surface area (Å²) < 4.78 is 11.6. The van der Waals surface area contributed by atoms with E-state index in [9.17, 15) is 9.59 Å². The smallest absolute Gasteiger partial charge is 0.254 e. The van der Waals surface area contributed by atoms with Gasteiger partial charge in [0, 0.05) is 43.7 Å². The van der Waals surface area contributed by atoms with Crippen LogP contribution in [0.25, 0.3) is 0 Å². The third-order valence-corrected chi connectivity index (χ3v) is 5.58. The lowest BCUT2D eigenvalue weighted by Crippen LogP contribution is -2.40. The van der Waals surface area contributed by atoms with Gasteiger partial charge in [-0.1, -0.05) is 30.3 Å². The Bertz CT molecular complexity index is 910. The highest BCUT2D eigenvalue weighted by molar-refractivity contribution is 6.02. The third kappa shape index (κ3) is 4.32. The maximum absolute atomic E-state index is 12.9. The van der Waals surface area contributed by atoms with Crippen molar-refractivity contribution < 1.29 is 19.1 Å². The summed E-state index contributed by atoms with van der Waals surface area (Å²) in [5.74, 6) is 0.0715. The highest BCUT2D eigenvalue weighted by Crippen LogP contribution is 2.41. The first-order valence-corrected chi connectivity index (χ1v) is 10.4. The standard InChI is InChI=1S/C23H27N3O4/c1-24-23(28)19-12-16(22(27)26-8-7-17-13-25-9-10-29-17)11-18-20(14-30-21(18)19)15-5-3-2-4-6-15/h2-6,11-12,17,20,25H,7-10,13-14H2,1H3,(H,24,28)(H,26,27). The van der Waals surface area contributed by atoms with Crippen molar-refractivity contribution in [2.45, 2.75) is 18.4 Å². The second kappa shape index (κ2) is 9.28. The first-order chi connectivity index (χ1) is 14.7. The van der Waals surface area contributed by atoms with Gasteiger partial charge in [-0.15, -0.1) is 0 Å². The van der Waals surface area contributed by atoms with Gasteiger partial charge in [0.05, 0.1) is 24.9 Å². The maximum atomic E-state index is 12.9. The fraction of sp³-hybridized carbons (Fsp3) is 0.391. The number of benzene rings is 2. The van der Waals surface area contributed by atoms with Gasteiger partial charge >= 0.3 is 0 Å². The van der Waals surface area contributed by atoms with Crippen molar-refractivity contribution in [3.05, 3.63) is 64.7 Å². The second-order valence-corrected chi connectivity index (χ2v) is 7.54. The fourth-order valence-corrected chi connectivity index (χ4v) is 3.98. The van der Waals surface area contributed by atoms with E-state index >= 15 is 0 Å². The van der Waals surface area contributed by atoms with E-state index in [-0.39, 0.29) is 23.8 Å². The van der Waals surface area contributed by atoms with E-state index in [1.54, 1.807) is 13.1 Å². The molecule has 0 aliphatic carbocycles. The number of carbonyl (C=O) groups is 2. The summed E-state index contributed by atoms with van der Waals surface area (Å²) in [6.45, 7) is 3.31. The molecule has 0 spiro atoms. The van der Waals surface area contributed by atoms with Crippen molar-refractivity contribution in [2.24, 2.45) is 0 Å². The number of fused-ring (bicyclic) bond motifs is 1. The lowest BCUT2D eigenvalue weighted by molar-refractivity contribution is 0.0239. The first-order valence-electron chi connectivity index (χ1n) is 10.4. The van der Waals surface area contributed by atoms with Gasteiger partial charge < -0.3 is 25.4 Å². The Morgan fingerprint density at radius 2 is 2.00 bits per heavy atom. The molecule has 7 nitrogen and oxygen atoms in total. The number of ether oxygens (including phenoxy) is 2. The van der Waals surface area contributed by atoms with Crippen LogP contribution in [0.15, 0.2) is 42.5 Å². The number of morpholine rings is 1. The highest BCUT2D eigenvalue weighted by atomic mass is 16.5. The molecule has 1 saturated heterocycles. The van der Waals surface area contributed by atoms with Crippen LogP contribution < -0.4 is 20.7 Å². The lowest BCUT2D eigenvalue weighted by atomic mass is 9.90. The number of carbonyl (C=O) groups excluding carboxylic acids is 2. The lowest BCUT2D eigenvalue weighted by Gasteiger charge is -2.23. The van der Waals surface area contributed by atoms with Gasteiger partial charge in [-0.05, 0) is 24.1 Å². The number of hydrogen-bond donors (Lipinski definition) is 3. The molecule has 2 unspecified atom stereocenters. The summed E-state index contributed by atoms with van der Waals surface area (Å²) in [5, 5.41) is 8.88. The molecule has 158 valence electrons. The molecule has 2 amide bonds. The van der Waals surface area contributed by atoms with Crippen molar-refractivity contribution in [3.63, 3.8) is 0 Å². The zero-order valence-electron chi connectivity index (χ0n) is 17.1. The first kappa shape index (κ1) is 20.4. The van der Waals surface area contributed by atoms with Crippen molar-refractivity contribution in [1.29, 1.82) is 0 Å². The molecule has 2 aliphatic rings. The van der Waals surface area contributed by atoms with Gasteiger partial charge in [-0.2, -0.15) is 0 Å². The minimum Gasteiger partial charge on any atom is -0.491 e. The van der Waals surface area contributed by atoms with Gasteiger partial charge in [-0.25, -0.2) is 0 Å². The molecule has 0 aromatic heterocycles. The minimum absolute atomic E-state index is 0.0148. The summed E-state index contributed by atoms with van der Waals surface area (Å²) in [7, 11) is 1.57. The molecule has 30 heavy (non-hydrogen) atoms. The summed E-state index contributed by atoms with van der Waals surface area (Å²) >= 11 is 0. The average Bonchev–Trinajstić information content (AvgIpc) is 3.23. The van der Waals surface area contributed by atoms with Crippen LogP contribution in [0.5, 0.6) is 5.75 Å². The normalized spacial score (nSPS) is 20.2. The molecule has 2 aromatic rings. The molecule has 1 fully saturated rings. The van der Waals surface area contributed by atoms with Crippen LogP contribution in [0.1, 0.15) is 44.2 Å². The molecule has 2 aliphatic heterocycles. The quantitative estimate of drug-likeness (QED) is 0.676. The zero-order chi connectivity index (χ0) is 20.9. The molecule has 7 heteroatoms. The molecule has 0 radical (unpaired) electrons. The molecule has 4 rings (SSSR count). The molecule has 2 atom stereocenters. The van der Waals surface area contributed by atoms with Gasteiger partial charge in [-0.3, -0.25) is 9.59 Å². The maximum Gasteiger partial charge on any atom is 0.254 e. The Kier molecular flexibility index (Phi) is 6.30. The number of nitrogens with one attached hydrogen (secondary N) is 3. The van der Waals surface area contributed by atoms with Crippen LogP contribution in [0.4, 0.5) is 0 Å². The van der Waals surface area contributed by atoms with Crippen molar-refractivity contribution in [3.8, 4) is 5.75 Å². The predicted molar refractivity (Wildman–Crippen MR) is 113 cm³/mol. The van der Waals surface area contributed by atoms with Gasteiger partial charge in [0.1, 0.15) is 5.75 Å². The van der Waals surface area contributed by atoms with Gasteiger partial charge in [0.2, 0.25) is 0 Å². The van der Waals surface area contributed by atoms with E-state index < -0.39 is 0 Å². The van der Waals surface area contributed by atoms with Crippen LogP contribution in [0, 0.1) is 0 Å². The van der Waals surface area contributed by atoms with Crippen LogP contribution in [0.2, 0.25) is 0 Å². The number of rotatable bonds is 6. The predicted octanol–water partition coefficient (Wildman–Crippen LogP) is 1.68. The minimum atomic E-state index is -0.267. The Balaban J connectivity index is 1.55. The van der Waals surface area contributed by atoms with Crippen LogP contribution in [0.3, 0.4) is 0 Å². The molecule has 0 saturated carbocycles. The zero-order valence-corrected chi connectivity index (χ0v) is 17.1. The molecule has 2 aromatic carbocycles. The van der Waals surface area contributed by atoms with E-state index in [2.05, 4.69) is 16.0 Å². The van der Waals surface area contributed by atoms with Gasteiger partial charge in [0.25, 0.3) is 11.8 Å². The van der Waals surface area contributed by atoms with Crippen LogP contribution >= 0.6 is 0 Å². The van der Waals surface area contributed by atoms with Crippen molar-refractivity contribution in [2.75, 3.05) is 39.9 Å². The summed E-state index contributed by atoms with van der Waals surface area (Å²) in [6.07, 6.45) is 0.846. The molecule has 0 bridgehead atoms. The summed E-state index contributed by atoms with van der Waals surface area (Å²) in [5.41, 5.74) is 2.81. The molecular weight excluding hydrogens is 382 g/mol. The van der Waals surface area contributed by atoms with E-state index in [1.807, 2.05) is 36.4 Å². The van der Waals surface area contributed by atoms with Crippen molar-refractivity contribution in [1.82, 2.24) is 16.0 Å². The summed E-state index contributed by atoms with van der Waals surface area (Å²) in [6, 6.07) is 13.4. The van der Waals surface area contributed by atoms with Crippen LogP contribution in [-0.2, 0) is 4.74 Å². The molecule has 2 heterocycles. The Hall–Kier alpha value is -2.90. The SMILES string of the molecule is CNC(=O)c1cc(C(=O)NCCC2CNCCO2)cc2c1OCC2c1ccccc1. The van der Waals surface area contributed by atoms with E-state index in [1.165, 1.54) is 0 Å². The largest absolute Gasteiger partial charge is 0.491 e. The number of amides is 2. The molecule has 3 N–H and O–H groups in total. The fourth-order valence-electron chi connectivity index (χ4n) is 3.98. The average molecular weight is 409 g/mol. The summed E-state index contributed by atoms with van der Waals surface area (Å²) in [4.78, 5) is 25.3. The van der Waals surface area contributed by atoms with Gasteiger partial charge in [0.15, 0.2) is 0 Å². The van der Waals surface area contributed by atoms with E-state index in [0.29, 0.717) is 36.6 Å². The van der Waals surface area contributed by atoms with Crippen molar-refractivity contribution >= 4 is 11.8 Å². The van der Waals surface area contributed by atoms with E-state index in [4.69, 9.17) is 9.47 Å². The Morgan fingerprint density at radius 3 is 2.73 bits per heavy atom. The second-order valence-electron chi connectivity index (χ2n) is 7.54. The monoisotopic (exact) mass is 409 g/mol. The Labute approximate surface area is 176 Å².